The number of halogens is 2. The number of nitrogens with one attached hydrogen (secondary N) is 2. The Bertz CT molecular complexity index is 1320. The van der Waals surface area contributed by atoms with E-state index >= 15 is 0 Å². The van der Waals surface area contributed by atoms with Crippen molar-refractivity contribution in [3.05, 3.63) is 70.9 Å². The third-order valence-electron chi connectivity index (χ3n) is 7.11. The fraction of sp³-hybridized carbons (Fsp3) is 0.400. The molecule has 0 spiro atoms. The average molecular weight is 556 g/mol. The van der Waals surface area contributed by atoms with Crippen molar-refractivity contribution >= 4 is 34.9 Å². The number of amides is 2. The zero-order valence-electron chi connectivity index (χ0n) is 23.3. The van der Waals surface area contributed by atoms with Gasteiger partial charge in [0.2, 0.25) is 5.91 Å². The Hall–Kier alpha value is -4.08. The molecule has 3 unspecified atom stereocenters. The third kappa shape index (κ3) is 6.55. The van der Waals surface area contributed by atoms with E-state index in [1.807, 2.05) is 38.1 Å². The van der Waals surface area contributed by atoms with Crippen molar-refractivity contribution in [2.75, 3.05) is 11.9 Å². The molecule has 0 bridgehead atoms. The highest BCUT2D eigenvalue weighted by molar-refractivity contribution is 6.05. The molecule has 40 heavy (non-hydrogen) atoms. The summed E-state index contributed by atoms with van der Waals surface area (Å²) in [6.07, 6.45) is 0.957. The van der Waals surface area contributed by atoms with Crippen LogP contribution in [0.25, 0.3) is 5.57 Å². The smallest absolute Gasteiger partial charge is 0.412 e. The first-order valence-electron chi connectivity index (χ1n) is 13.1. The maximum atomic E-state index is 13.9. The molecule has 0 aromatic heterocycles. The van der Waals surface area contributed by atoms with Crippen LogP contribution < -0.4 is 10.2 Å². The van der Waals surface area contributed by atoms with Gasteiger partial charge in [0, 0.05) is 12.7 Å². The van der Waals surface area contributed by atoms with Crippen LogP contribution in [-0.4, -0.2) is 41.8 Å². The molecule has 1 aliphatic rings. The van der Waals surface area contributed by atoms with Gasteiger partial charge in [0.25, 0.3) is 5.92 Å². The average Bonchev–Trinajstić information content (AvgIpc) is 3.49. The highest BCUT2D eigenvalue weighted by Crippen LogP contribution is 2.56. The second-order valence-electron chi connectivity index (χ2n) is 10.0. The van der Waals surface area contributed by atoms with Gasteiger partial charge in [-0.05, 0) is 68.0 Å². The van der Waals surface area contributed by atoms with Gasteiger partial charge in [-0.3, -0.25) is 14.9 Å². The van der Waals surface area contributed by atoms with Crippen molar-refractivity contribution in [1.29, 1.82) is 5.41 Å². The van der Waals surface area contributed by atoms with Gasteiger partial charge in [-0.25, -0.2) is 13.6 Å². The van der Waals surface area contributed by atoms with Crippen LogP contribution in [0.5, 0.6) is 0 Å². The summed E-state index contributed by atoms with van der Waals surface area (Å²) < 4.78 is 33.4. The maximum absolute atomic E-state index is 13.9. The van der Waals surface area contributed by atoms with E-state index in [4.69, 9.17) is 15.3 Å². The molecule has 3 atom stereocenters. The first-order valence-corrected chi connectivity index (χ1v) is 13.1. The summed E-state index contributed by atoms with van der Waals surface area (Å²) in [5.74, 6) is -10.2. The van der Waals surface area contributed by atoms with Crippen LogP contribution in [0.4, 0.5) is 19.3 Å². The summed E-state index contributed by atoms with van der Waals surface area (Å²) in [7, 11) is 1.32. The number of carbonyl (C=O) groups is 3. The van der Waals surface area contributed by atoms with Crippen LogP contribution in [0.15, 0.2) is 54.2 Å². The first-order chi connectivity index (χ1) is 18.8. The van der Waals surface area contributed by atoms with Gasteiger partial charge in [0.05, 0.1) is 11.4 Å². The molecule has 0 radical (unpaired) electrons. The molecule has 0 saturated heterocycles. The fourth-order valence-corrected chi connectivity index (χ4v) is 4.72. The maximum Gasteiger partial charge on any atom is 0.412 e. The standard InChI is InChI=1S/C30H35F2N3O5/c1-6-7-11-23(26(18(3)33)34-29(39)40-19(4)22-12-9-8-10-17(22)2)20-13-15-21(16-14-20)35(5)27(36)24-25(28(37)38)30(24,31)32/h8-10,12-16,19,24-25,33H,6-7,11H2,1-5H3,(H,34,39)(H,37,38)/b26-23-,33-18?. The summed E-state index contributed by atoms with van der Waals surface area (Å²) in [4.78, 5) is 37.6. The molecule has 8 nitrogen and oxygen atoms in total. The summed E-state index contributed by atoms with van der Waals surface area (Å²) in [6.45, 7) is 7.27. The Morgan fingerprint density at radius 2 is 1.75 bits per heavy atom. The van der Waals surface area contributed by atoms with Gasteiger partial charge in [-0.1, -0.05) is 49.7 Å². The number of alkyl halides is 2. The molecule has 2 aromatic carbocycles. The number of hydrogen-bond acceptors (Lipinski definition) is 5. The number of allylic oxidation sites excluding steroid dienone is 2. The zero-order valence-corrected chi connectivity index (χ0v) is 23.3. The van der Waals surface area contributed by atoms with Crippen LogP contribution in [0.3, 0.4) is 0 Å². The Balaban J connectivity index is 1.84. The molecule has 10 heteroatoms. The Morgan fingerprint density at radius 1 is 1.12 bits per heavy atom. The second kappa shape index (κ2) is 12.4. The highest BCUT2D eigenvalue weighted by Gasteiger charge is 2.76. The van der Waals surface area contributed by atoms with E-state index in [1.54, 1.807) is 38.1 Å². The van der Waals surface area contributed by atoms with Crippen molar-refractivity contribution in [1.82, 2.24) is 5.32 Å². The monoisotopic (exact) mass is 555 g/mol. The zero-order chi connectivity index (χ0) is 29.8. The molecule has 2 amide bonds. The predicted octanol–water partition coefficient (Wildman–Crippen LogP) is 6.35. The lowest BCUT2D eigenvalue weighted by Crippen LogP contribution is -2.30. The summed E-state index contributed by atoms with van der Waals surface area (Å²) in [5.41, 5.74) is 3.95. The minimum Gasteiger partial charge on any atom is -0.481 e. The minimum atomic E-state index is -3.58. The highest BCUT2D eigenvalue weighted by atomic mass is 19.3. The Morgan fingerprint density at radius 3 is 2.27 bits per heavy atom. The molecular weight excluding hydrogens is 520 g/mol. The van der Waals surface area contributed by atoms with E-state index in [1.165, 1.54) is 7.05 Å². The van der Waals surface area contributed by atoms with Gasteiger partial charge in [-0.15, -0.1) is 0 Å². The molecule has 1 saturated carbocycles. The first kappa shape index (κ1) is 30.5. The van der Waals surface area contributed by atoms with Gasteiger partial charge < -0.3 is 20.2 Å². The van der Waals surface area contributed by atoms with Crippen LogP contribution in [0.2, 0.25) is 0 Å². The van der Waals surface area contributed by atoms with Gasteiger partial charge in [0.15, 0.2) is 0 Å². The predicted molar refractivity (Wildman–Crippen MR) is 148 cm³/mol. The van der Waals surface area contributed by atoms with Crippen LogP contribution in [-0.2, 0) is 14.3 Å². The van der Waals surface area contributed by atoms with E-state index < -0.39 is 41.8 Å². The number of carbonyl (C=O) groups excluding carboxylic acids is 2. The summed E-state index contributed by atoms with van der Waals surface area (Å²) in [6, 6.07) is 14.1. The van der Waals surface area contributed by atoms with Crippen LogP contribution in [0.1, 0.15) is 62.8 Å². The van der Waals surface area contributed by atoms with Crippen molar-refractivity contribution in [3.63, 3.8) is 0 Å². The number of aryl methyl sites for hydroxylation is 1. The number of aliphatic carboxylic acids is 1. The van der Waals surface area contributed by atoms with Gasteiger partial charge in [-0.2, -0.15) is 0 Å². The SMILES string of the molecule is CCCC/C(=C(/NC(=O)OC(C)c1ccccc1C)C(C)=N)c1ccc(N(C)C(=O)C2C(C(=O)O)C2(F)F)cc1. The Kier molecular flexibility index (Phi) is 9.44. The van der Waals surface area contributed by atoms with E-state index in [0.29, 0.717) is 28.9 Å². The summed E-state index contributed by atoms with van der Waals surface area (Å²) in [5, 5.41) is 20.1. The molecule has 1 aliphatic carbocycles. The number of hydrogen-bond donors (Lipinski definition) is 3. The van der Waals surface area contributed by atoms with Crippen LogP contribution in [0, 0.1) is 24.2 Å². The van der Waals surface area contributed by atoms with E-state index in [2.05, 4.69) is 5.32 Å². The van der Waals surface area contributed by atoms with Gasteiger partial charge >= 0.3 is 12.1 Å². The quantitative estimate of drug-likeness (QED) is 0.279. The van der Waals surface area contributed by atoms with E-state index in [-0.39, 0.29) is 5.71 Å². The molecule has 214 valence electrons. The third-order valence-corrected chi connectivity index (χ3v) is 7.11. The number of ether oxygens (including phenoxy) is 1. The number of nitrogens with zero attached hydrogens (tertiary/aromatic N) is 1. The molecule has 3 rings (SSSR count). The number of alkyl carbamates (subject to hydrolysis) is 1. The lowest BCUT2D eigenvalue weighted by molar-refractivity contribution is -0.141. The van der Waals surface area contributed by atoms with Crippen molar-refractivity contribution < 1.29 is 33.0 Å². The number of carboxylic acid groups (broad SMARTS) is 1. The van der Waals surface area contributed by atoms with Crippen molar-refractivity contribution in [2.45, 2.75) is 59.0 Å². The normalized spacial score (nSPS) is 18.7. The largest absolute Gasteiger partial charge is 0.481 e. The van der Waals surface area contributed by atoms with Gasteiger partial charge in [0.1, 0.15) is 17.9 Å². The van der Waals surface area contributed by atoms with E-state index in [9.17, 15) is 23.2 Å². The molecular formula is C30H35F2N3O5. The second-order valence-corrected chi connectivity index (χ2v) is 10.0. The molecule has 1 fully saturated rings. The van der Waals surface area contributed by atoms with Crippen LogP contribution >= 0.6 is 0 Å². The topological polar surface area (TPSA) is 120 Å². The number of anilines is 1. The van der Waals surface area contributed by atoms with Crippen molar-refractivity contribution in [3.8, 4) is 0 Å². The number of rotatable bonds is 11. The number of unbranched alkanes of at least 4 members (excludes halogenated alkanes) is 1. The molecule has 2 aromatic rings. The molecule has 0 aliphatic heterocycles. The molecule has 0 heterocycles. The number of carboxylic acids is 1. The number of benzene rings is 2. The lowest BCUT2D eigenvalue weighted by atomic mass is 9.96. The molecule has 3 N–H and O–H groups in total. The minimum absolute atomic E-state index is 0.124. The summed E-state index contributed by atoms with van der Waals surface area (Å²) >= 11 is 0. The van der Waals surface area contributed by atoms with Crippen molar-refractivity contribution in [2.24, 2.45) is 11.8 Å². The lowest BCUT2D eigenvalue weighted by Gasteiger charge is -2.21. The Labute approximate surface area is 232 Å². The fourth-order valence-electron chi connectivity index (χ4n) is 4.72. The van der Waals surface area contributed by atoms with E-state index in [0.717, 1.165) is 28.9 Å².